The highest BCUT2D eigenvalue weighted by atomic mass is 32.2. The van der Waals surface area contributed by atoms with Crippen LogP contribution in [0.15, 0.2) is 42.5 Å². The first-order valence-electron chi connectivity index (χ1n) is 6.30. The van der Waals surface area contributed by atoms with Crippen molar-refractivity contribution < 1.29 is 13.5 Å². The van der Waals surface area contributed by atoms with Crippen LogP contribution < -0.4 is 0 Å². The predicted octanol–water partition coefficient (Wildman–Crippen LogP) is 2.38. The van der Waals surface area contributed by atoms with Crippen molar-refractivity contribution in [3.05, 3.63) is 48.0 Å². The lowest BCUT2D eigenvalue weighted by Crippen LogP contribution is -2.18. The molecule has 0 aliphatic heterocycles. The number of hydrogen-bond acceptors (Lipinski definition) is 3. The van der Waals surface area contributed by atoms with Crippen LogP contribution in [0.1, 0.15) is 12.5 Å². The van der Waals surface area contributed by atoms with E-state index in [2.05, 4.69) is 0 Å². The fraction of sp³-hybridized carbons (Fsp3) is 0.333. The van der Waals surface area contributed by atoms with E-state index in [1.54, 1.807) is 6.92 Å². The quantitative estimate of drug-likeness (QED) is 0.913. The van der Waals surface area contributed by atoms with Crippen molar-refractivity contribution in [2.24, 2.45) is 5.92 Å². The number of aliphatic hydroxyl groups excluding tert-OH is 1. The molecule has 2 aromatic rings. The van der Waals surface area contributed by atoms with Crippen LogP contribution in [-0.4, -0.2) is 25.9 Å². The van der Waals surface area contributed by atoms with Crippen molar-refractivity contribution in [3.8, 4) is 0 Å². The molecular formula is C15H18O3S. The summed E-state index contributed by atoms with van der Waals surface area (Å²) in [6.07, 6.45) is 0. The normalized spacial score (nSPS) is 13.6. The Bertz CT molecular complexity index is 657. The van der Waals surface area contributed by atoms with Gasteiger partial charge in [-0.15, -0.1) is 0 Å². The second kappa shape index (κ2) is 5.72. The molecule has 1 N–H and O–H groups in total. The van der Waals surface area contributed by atoms with E-state index in [0.717, 1.165) is 16.3 Å². The third kappa shape index (κ3) is 3.55. The summed E-state index contributed by atoms with van der Waals surface area (Å²) in [7, 11) is -3.20. The van der Waals surface area contributed by atoms with Crippen LogP contribution in [0.3, 0.4) is 0 Å². The van der Waals surface area contributed by atoms with Gasteiger partial charge in [-0.05, 0) is 22.3 Å². The van der Waals surface area contributed by atoms with Gasteiger partial charge in [0.2, 0.25) is 0 Å². The largest absolute Gasteiger partial charge is 0.396 e. The lowest BCUT2D eigenvalue weighted by molar-refractivity contribution is 0.249. The molecule has 0 heterocycles. The zero-order chi connectivity index (χ0) is 13.9. The van der Waals surface area contributed by atoms with Gasteiger partial charge in [0.15, 0.2) is 9.84 Å². The molecule has 3 nitrogen and oxygen atoms in total. The number of rotatable bonds is 5. The number of sulfone groups is 1. The highest BCUT2D eigenvalue weighted by Crippen LogP contribution is 2.21. The Labute approximate surface area is 113 Å². The summed E-state index contributed by atoms with van der Waals surface area (Å²) in [5.41, 5.74) is 0.822. The highest BCUT2D eigenvalue weighted by molar-refractivity contribution is 7.90. The molecule has 19 heavy (non-hydrogen) atoms. The van der Waals surface area contributed by atoms with Crippen molar-refractivity contribution in [1.82, 2.24) is 0 Å². The summed E-state index contributed by atoms with van der Waals surface area (Å²) in [5.74, 6) is -0.175. The van der Waals surface area contributed by atoms with Crippen LogP contribution in [-0.2, 0) is 15.6 Å². The minimum absolute atomic E-state index is 0.0206. The van der Waals surface area contributed by atoms with Gasteiger partial charge < -0.3 is 5.11 Å². The Kier molecular flexibility index (Phi) is 4.22. The molecule has 0 amide bonds. The molecule has 0 aromatic heterocycles. The first-order chi connectivity index (χ1) is 9.02. The molecule has 0 aliphatic rings. The van der Waals surface area contributed by atoms with E-state index in [-0.39, 0.29) is 24.0 Å². The third-order valence-corrected chi connectivity index (χ3v) is 4.93. The summed E-state index contributed by atoms with van der Waals surface area (Å²) in [4.78, 5) is 0. The van der Waals surface area contributed by atoms with Gasteiger partial charge in [-0.3, -0.25) is 0 Å². The van der Waals surface area contributed by atoms with E-state index in [1.165, 1.54) is 0 Å². The number of hydrogen-bond donors (Lipinski definition) is 1. The van der Waals surface area contributed by atoms with Crippen molar-refractivity contribution in [3.63, 3.8) is 0 Å². The average molecular weight is 278 g/mol. The highest BCUT2D eigenvalue weighted by Gasteiger charge is 2.17. The van der Waals surface area contributed by atoms with Gasteiger partial charge in [0, 0.05) is 6.61 Å². The zero-order valence-electron chi connectivity index (χ0n) is 10.9. The van der Waals surface area contributed by atoms with E-state index in [0.29, 0.717) is 0 Å². The Morgan fingerprint density at radius 3 is 2.53 bits per heavy atom. The Hall–Kier alpha value is -1.39. The van der Waals surface area contributed by atoms with E-state index in [9.17, 15) is 8.42 Å². The molecule has 1 unspecified atom stereocenters. The maximum Gasteiger partial charge on any atom is 0.154 e. The third-order valence-electron chi connectivity index (χ3n) is 3.11. The fourth-order valence-corrected chi connectivity index (χ4v) is 4.02. The molecule has 0 saturated carbocycles. The lowest BCUT2D eigenvalue weighted by Gasteiger charge is -2.10. The Morgan fingerprint density at radius 2 is 1.79 bits per heavy atom. The van der Waals surface area contributed by atoms with Crippen LogP contribution in [0.5, 0.6) is 0 Å². The summed E-state index contributed by atoms with van der Waals surface area (Å²) < 4.78 is 24.2. The van der Waals surface area contributed by atoms with Crippen molar-refractivity contribution in [2.45, 2.75) is 12.7 Å². The van der Waals surface area contributed by atoms with Gasteiger partial charge in [-0.2, -0.15) is 0 Å². The van der Waals surface area contributed by atoms with Gasteiger partial charge in [0.05, 0.1) is 11.5 Å². The SMILES string of the molecule is CC(CO)CS(=O)(=O)Cc1cccc2ccccc12. The second-order valence-corrected chi connectivity index (χ2v) is 7.09. The Morgan fingerprint density at radius 1 is 1.11 bits per heavy atom. The molecular weight excluding hydrogens is 260 g/mol. The van der Waals surface area contributed by atoms with E-state index >= 15 is 0 Å². The van der Waals surface area contributed by atoms with Crippen LogP contribution in [0, 0.1) is 5.92 Å². The second-order valence-electron chi connectivity index (χ2n) is 4.98. The molecule has 0 spiro atoms. The molecule has 4 heteroatoms. The minimum atomic E-state index is -3.20. The molecule has 0 radical (unpaired) electrons. The molecule has 0 bridgehead atoms. The van der Waals surface area contributed by atoms with Gasteiger partial charge in [0.25, 0.3) is 0 Å². The fourth-order valence-electron chi connectivity index (χ4n) is 2.20. The van der Waals surface area contributed by atoms with E-state index in [1.807, 2.05) is 42.5 Å². The zero-order valence-corrected chi connectivity index (χ0v) is 11.7. The Balaban J connectivity index is 2.31. The van der Waals surface area contributed by atoms with Crippen molar-refractivity contribution >= 4 is 20.6 Å². The van der Waals surface area contributed by atoms with E-state index in [4.69, 9.17) is 5.11 Å². The topological polar surface area (TPSA) is 54.4 Å². The smallest absolute Gasteiger partial charge is 0.154 e. The molecule has 0 fully saturated rings. The van der Waals surface area contributed by atoms with Crippen LogP contribution in [0.2, 0.25) is 0 Å². The molecule has 102 valence electrons. The molecule has 0 aliphatic carbocycles. The monoisotopic (exact) mass is 278 g/mol. The van der Waals surface area contributed by atoms with Crippen LogP contribution in [0.4, 0.5) is 0 Å². The number of fused-ring (bicyclic) bond motifs is 1. The first-order valence-corrected chi connectivity index (χ1v) is 8.12. The first kappa shape index (κ1) is 14.0. The molecule has 2 aromatic carbocycles. The van der Waals surface area contributed by atoms with Crippen LogP contribution in [0.25, 0.3) is 10.8 Å². The van der Waals surface area contributed by atoms with Gasteiger partial charge >= 0.3 is 0 Å². The molecule has 0 saturated heterocycles. The lowest BCUT2D eigenvalue weighted by atomic mass is 10.1. The summed E-state index contributed by atoms with van der Waals surface area (Å²) in [5, 5.41) is 11.0. The van der Waals surface area contributed by atoms with Crippen molar-refractivity contribution in [1.29, 1.82) is 0 Å². The van der Waals surface area contributed by atoms with Crippen molar-refractivity contribution in [2.75, 3.05) is 12.4 Å². The maximum absolute atomic E-state index is 12.1. The summed E-state index contributed by atoms with van der Waals surface area (Å²) >= 11 is 0. The summed E-state index contributed by atoms with van der Waals surface area (Å²) in [6.45, 7) is 1.63. The van der Waals surface area contributed by atoms with Gasteiger partial charge in [-0.1, -0.05) is 49.4 Å². The maximum atomic E-state index is 12.1. The number of benzene rings is 2. The standard InChI is InChI=1S/C15H18O3S/c1-12(9-16)10-19(17,18)11-14-7-4-6-13-5-2-3-8-15(13)14/h2-8,12,16H,9-11H2,1H3. The molecule has 2 rings (SSSR count). The van der Waals surface area contributed by atoms with E-state index < -0.39 is 9.84 Å². The average Bonchev–Trinajstić information content (AvgIpc) is 2.38. The minimum Gasteiger partial charge on any atom is -0.396 e. The predicted molar refractivity (Wildman–Crippen MR) is 77.7 cm³/mol. The van der Waals surface area contributed by atoms with Gasteiger partial charge in [-0.25, -0.2) is 8.42 Å². The molecule has 1 atom stereocenters. The number of aliphatic hydroxyl groups is 1. The van der Waals surface area contributed by atoms with Gasteiger partial charge in [0.1, 0.15) is 0 Å². The summed E-state index contributed by atoms with van der Waals surface area (Å²) in [6, 6.07) is 13.5. The van der Waals surface area contributed by atoms with Crippen LogP contribution >= 0.6 is 0 Å².